The summed E-state index contributed by atoms with van der Waals surface area (Å²) in [4.78, 5) is 12.4. The molecule has 0 aromatic heterocycles. The van der Waals surface area contributed by atoms with Crippen molar-refractivity contribution in [1.29, 1.82) is 5.26 Å². The highest BCUT2D eigenvalue weighted by Gasteiger charge is 2.69. The molecular formula is C22H23NO3. The molecule has 0 bridgehead atoms. The molecule has 1 saturated carbocycles. The van der Waals surface area contributed by atoms with Crippen LogP contribution in [0.4, 0.5) is 0 Å². The summed E-state index contributed by atoms with van der Waals surface area (Å²) in [5.74, 6) is 0.779. The first-order valence-corrected chi connectivity index (χ1v) is 8.70. The Bertz CT molecular complexity index is 849. The molecule has 1 aliphatic rings. The number of hydrogen-bond donors (Lipinski definition) is 0. The molecule has 2 aromatic rings. The third-order valence-electron chi connectivity index (χ3n) is 5.82. The maximum absolute atomic E-state index is 12.4. The standard InChI is InChI=1S/C22H23NO3/c1-21(2)19(22(21,3)4)20(24)25-14-15-9-8-12-18(17(15)13-23)26-16-10-6-5-7-11-16/h5-12,19H,14H2,1-4H3. The fourth-order valence-electron chi connectivity index (χ4n) is 3.54. The van der Waals surface area contributed by atoms with E-state index in [2.05, 4.69) is 33.8 Å². The molecule has 0 amide bonds. The Balaban J connectivity index is 1.74. The minimum atomic E-state index is -0.210. The van der Waals surface area contributed by atoms with Gasteiger partial charge < -0.3 is 9.47 Å². The van der Waals surface area contributed by atoms with Crippen molar-refractivity contribution in [2.75, 3.05) is 0 Å². The lowest BCUT2D eigenvalue weighted by atomic mass is 10.0. The highest BCUT2D eigenvalue weighted by Crippen LogP contribution is 2.68. The van der Waals surface area contributed by atoms with Crippen LogP contribution in [0, 0.1) is 28.1 Å². The predicted molar refractivity (Wildman–Crippen MR) is 98.5 cm³/mol. The van der Waals surface area contributed by atoms with Gasteiger partial charge in [0.15, 0.2) is 0 Å². The van der Waals surface area contributed by atoms with Crippen molar-refractivity contribution in [3.05, 3.63) is 59.7 Å². The van der Waals surface area contributed by atoms with E-state index >= 15 is 0 Å². The highest BCUT2D eigenvalue weighted by atomic mass is 16.5. The van der Waals surface area contributed by atoms with E-state index in [1.165, 1.54) is 0 Å². The van der Waals surface area contributed by atoms with Gasteiger partial charge in [-0.05, 0) is 29.0 Å². The fraction of sp³-hybridized carbons (Fsp3) is 0.364. The second-order valence-electron chi connectivity index (χ2n) is 7.80. The molecule has 0 atom stereocenters. The van der Waals surface area contributed by atoms with Crippen LogP contribution < -0.4 is 4.74 Å². The molecule has 0 aliphatic heterocycles. The summed E-state index contributed by atoms with van der Waals surface area (Å²) in [6.07, 6.45) is 0. The van der Waals surface area contributed by atoms with Gasteiger partial charge in [-0.15, -0.1) is 0 Å². The average Bonchev–Trinajstić information content (AvgIpc) is 3.02. The van der Waals surface area contributed by atoms with Gasteiger partial charge in [-0.1, -0.05) is 58.0 Å². The van der Waals surface area contributed by atoms with Crippen LogP contribution in [0.15, 0.2) is 48.5 Å². The molecule has 4 nitrogen and oxygen atoms in total. The molecule has 0 saturated heterocycles. The SMILES string of the molecule is CC1(C)C(C(=O)OCc2cccc(Oc3ccccc3)c2C#N)C1(C)C. The molecule has 0 N–H and O–H groups in total. The summed E-state index contributed by atoms with van der Waals surface area (Å²) in [6, 6.07) is 16.8. The Kier molecular flexibility index (Phi) is 4.50. The molecule has 26 heavy (non-hydrogen) atoms. The molecule has 2 aromatic carbocycles. The number of ether oxygens (including phenoxy) is 2. The molecule has 134 valence electrons. The lowest BCUT2D eigenvalue weighted by molar-refractivity contribution is -0.148. The van der Waals surface area contributed by atoms with E-state index in [1.54, 1.807) is 18.2 Å². The van der Waals surface area contributed by atoms with E-state index in [-0.39, 0.29) is 29.3 Å². The Morgan fingerprint density at radius 1 is 1.04 bits per heavy atom. The van der Waals surface area contributed by atoms with Gasteiger partial charge in [0, 0.05) is 5.56 Å². The predicted octanol–water partition coefficient (Wildman–Crippen LogP) is 5.08. The molecular weight excluding hydrogens is 326 g/mol. The molecule has 0 unspecified atom stereocenters. The van der Waals surface area contributed by atoms with Gasteiger partial charge in [-0.25, -0.2) is 0 Å². The largest absolute Gasteiger partial charge is 0.461 e. The van der Waals surface area contributed by atoms with Gasteiger partial charge in [0.2, 0.25) is 0 Å². The highest BCUT2D eigenvalue weighted by molar-refractivity contribution is 5.78. The van der Waals surface area contributed by atoms with E-state index in [1.807, 2.05) is 30.3 Å². The van der Waals surface area contributed by atoms with Crippen molar-refractivity contribution in [2.24, 2.45) is 16.7 Å². The minimum absolute atomic E-state index is 0.0658. The lowest BCUT2D eigenvalue weighted by Gasteiger charge is -2.12. The Labute approximate surface area is 154 Å². The van der Waals surface area contributed by atoms with Crippen molar-refractivity contribution >= 4 is 5.97 Å². The zero-order valence-corrected chi connectivity index (χ0v) is 15.6. The van der Waals surface area contributed by atoms with E-state index in [0.29, 0.717) is 22.6 Å². The molecule has 1 fully saturated rings. The first-order chi connectivity index (χ1) is 12.3. The summed E-state index contributed by atoms with van der Waals surface area (Å²) >= 11 is 0. The maximum atomic E-state index is 12.4. The van der Waals surface area contributed by atoms with Crippen LogP contribution >= 0.6 is 0 Å². The molecule has 4 heteroatoms. The Hall–Kier alpha value is -2.80. The second kappa shape index (κ2) is 6.49. The Morgan fingerprint density at radius 3 is 2.27 bits per heavy atom. The van der Waals surface area contributed by atoms with Crippen molar-refractivity contribution in [3.8, 4) is 17.6 Å². The number of hydrogen-bond acceptors (Lipinski definition) is 4. The van der Waals surface area contributed by atoms with Crippen molar-refractivity contribution in [1.82, 2.24) is 0 Å². The van der Waals surface area contributed by atoms with E-state index in [4.69, 9.17) is 9.47 Å². The zero-order chi connectivity index (χ0) is 18.9. The zero-order valence-electron chi connectivity index (χ0n) is 15.6. The second-order valence-corrected chi connectivity index (χ2v) is 7.80. The van der Waals surface area contributed by atoms with Gasteiger partial charge in [0.1, 0.15) is 29.7 Å². The third-order valence-corrected chi connectivity index (χ3v) is 5.82. The van der Waals surface area contributed by atoms with Crippen LogP contribution in [0.2, 0.25) is 0 Å². The van der Waals surface area contributed by atoms with Gasteiger partial charge in [0.05, 0.1) is 5.92 Å². The molecule has 0 spiro atoms. The summed E-state index contributed by atoms with van der Waals surface area (Å²) in [6.45, 7) is 8.38. The summed E-state index contributed by atoms with van der Waals surface area (Å²) in [5, 5.41) is 9.56. The number of rotatable bonds is 5. The maximum Gasteiger partial charge on any atom is 0.310 e. The number of esters is 1. The van der Waals surface area contributed by atoms with Crippen molar-refractivity contribution in [3.63, 3.8) is 0 Å². The summed E-state index contributed by atoms with van der Waals surface area (Å²) < 4.78 is 11.3. The van der Waals surface area contributed by atoms with Crippen LogP contribution in [0.5, 0.6) is 11.5 Å². The van der Waals surface area contributed by atoms with Crippen LogP contribution in [0.1, 0.15) is 38.8 Å². The average molecular weight is 349 g/mol. The first-order valence-electron chi connectivity index (χ1n) is 8.70. The van der Waals surface area contributed by atoms with Gasteiger partial charge in [0.25, 0.3) is 0 Å². The van der Waals surface area contributed by atoms with Crippen LogP contribution in [-0.2, 0) is 16.1 Å². The fourth-order valence-corrected chi connectivity index (χ4v) is 3.54. The molecule has 1 aliphatic carbocycles. The monoisotopic (exact) mass is 349 g/mol. The third kappa shape index (κ3) is 3.06. The van der Waals surface area contributed by atoms with Crippen LogP contribution in [0.3, 0.4) is 0 Å². The molecule has 0 heterocycles. The molecule has 0 radical (unpaired) electrons. The number of nitriles is 1. The topological polar surface area (TPSA) is 59.3 Å². The van der Waals surface area contributed by atoms with Gasteiger partial charge in [-0.2, -0.15) is 5.26 Å². The first kappa shape index (κ1) is 18.0. The van der Waals surface area contributed by atoms with E-state index in [9.17, 15) is 10.1 Å². The van der Waals surface area contributed by atoms with Gasteiger partial charge >= 0.3 is 5.97 Å². The van der Waals surface area contributed by atoms with Crippen molar-refractivity contribution in [2.45, 2.75) is 34.3 Å². The van der Waals surface area contributed by atoms with E-state index in [0.717, 1.165) is 0 Å². The van der Waals surface area contributed by atoms with Crippen LogP contribution in [0.25, 0.3) is 0 Å². The number of carbonyl (C=O) groups is 1. The number of benzene rings is 2. The van der Waals surface area contributed by atoms with Crippen LogP contribution in [-0.4, -0.2) is 5.97 Å². The summed E-state index contributed by atoms with van der Waals surface area (Å²) in [5.41, 5.74) is 0.893. The summed E-state index contributed by atoms with van der Waals surface area (Å²) in [7, 11) is 0. The smallest absolute Gasteiger partial charge is 0.310 e. The van der Waals surface area contributed by atoms with E-state index < -0.39 is 0 Å². The van der Waals surface area contributed by atoms with Crippen molar-refractivity contribution < 1.29 is 14.3 Å². The molecule has 3 rings (SSSR count). The number of nitrogens with zero attached hydrogens (tertiary/aromatic N) is 1. The minimum Gasteiger partial charge on any atom is -0.461 e. The van der Waals surface area contributed by atoms with Gasteiger partial charge in [-0.3, -0.25) is 4.79 Å². The number of para-hydroxylation sites is 1. The normalized spacial score (nSPS) is 17.2. The lowest BCUT2D eigenvalue weighted by Crippen LogP contribution is -2.12. The number of carbonyl (C=O) groups excluding carboxylic acids is 1. The quantitative estimate of drug-likeness (QED) is 0.707. The Morgan fingerprint density at radius 2 is 1.69 bits per heavy atom.